The molecule has 1 rings (SSSR count). The van der Waals surface area contributed by atoms with E-state index in [0.717, 1.165) is 17.4 Å². The third-order valence-electron chi connectivity index (χ3n) is 3.24. The zero-order valence-electron chi connectivity index (χ0n) is 12.2. The number of hydrogen-bond acceptors (Lipinski definition) is 5. The topological polar surface area (TPSA) is 70.1 Å². The molecule has 5 nitrogen and oxygen atoms in total. The third kappa shape index (κ3) is 4.31. The Morgan fingerprint density at radius 2 is 1.95 bits per heavy atom. The minimum atomic E-state index is -0.881. The van der Waals surface area contributed by atoms with E-state index in [9.17, 15) is 5.11 Å². The quantitative estimate of drug-likeness (QED) is 0.747. The van der Waals surface area contributed by atoms with Crippen LogP contribution in [0, 0.1) is 0 Å². The van der Waals surface area contributed by atoms with Gasteiger partial charge in [-0.15, -0.1) is 0 Å². The van der Waals surface area contributed by atoms with Gasteiger partial charge in [-0.05, 0) is 50.0 Å². The van der Waals surface area contributed by atoms with Gasteiger partial charge in [-0.1, -0.05) is 6.92 Å². The lowest BCUT2D eigenvalue weighted by atomic mass is 9.86. The van der Waals surface area contributed by atoms with Crippen LogP contribution in [0.3, 0.4) is 0 Å². The fraction of sp³-hybridized carbons (Fsp3) is 0.692. The van der Waals surface area contributed by atoms with Crippen LogP contribution in [0.25, 0.3) is 0 Å². The predicted molar refractivity (Wildman–Crippen MR) is 82.5 cm³/mol. The second-order valence-corrected chi connectivity index (χ2v) is 6.48. The number of aromatic nitrogens is 2. The Labute approximate surface area is 123 Å². The first-order valence-electron chi connectivity index (χ1n) is 6.44. The monoisotopic (exact) mass is 330 g/mol. The Morgan fingerprint density at radius 1 is 1.32 bits per heavy atom. The molecule has 0 amide bonds. The van der Waals surface area contributed by atoms with Crippen LogP contribution in [0.5, 0.6) is 0 Å². The summed E-state index contributed by atoms with van der Waals surface area (Å²) in [4.78, 5) is 8.61. The summed E-state index contributed by atoms with van der Waals surface area (Å²) in [7, 11) is 0. The van der Waals surface area contributed by atoms with Gasteiger partial charge in [-0.3, -0.25) is 0 Å². The molecule has 0 fully saturated rings. The molecule has 0 aliphatic carbocycles. The van der Waals surface area contributed by atoms with Crippen LogP contribution in [-0.4, -0.2) is 32.8 Å². The molecule has 0 saturated heterocycles. The highest BCUT2D eigenvalue weighted by atomic mass is 79.9. The summed E-state index contributed by atoms with van der Waals surface area (Å²) in [6, 6.07) is 0. The molecule has 3 N–H and O–H groups in total. The van der Waals surface area contributed by atoms with E-state index in [1.165, 1.54) is 0 Å². The van der Waals surface area contributed by atoms with Crippen molar-refractivity contribution in [3.8, 4) is 0 Å². The van der Waals surface area contributed by atoms with E-state index in [0.29, 0.717) is 11.8 Å². The van der Waals surface area contributed by atoms with Crippen molar-refractivity contribution in [2.24, 2.45) is 0 Å². The highest BCUT2D eigenvalue weighted by Gasteiger charge is 2.35. The summed E-state index contributed by atoms with van der Waals surface area (Å²) in [5.41, 5.74) is -1.40. The van der Waals surface area contributed by atoms with Gasteiger partial charge in [-0.2, -0.15) is 4.98 Å². The molecule has 0 atom stereocenters. The van der Waals surface area contributed by atoms with Crippen LogP contribution in [0.1, 0.15) is 41.0 Å². The van der Waals surface area contributed by atoms with Gasteiger partial charge in [0.05, 0.1) is 15.6 Å². The van der Waals surface area contributed by atoms with Crippen LogP contribution in [-0.2, 0) is 0 Å². The molecule has 108 valence electrons. The first kappa shape index (κ1) is 16.2. The van der Waals surface area contributed by atoms with E-state index in [2.05, 4.69) is 43.5 Å². The number of hydrogen-bond donors (Lipinski definition) is 3. The van der Waals surface area contributed by atoms with Gasteiger partial charge in [0.2, 0.25) is 5.95 Å². The summed E-state index contributed by atoms with van der Waals surface area (Å²) in [6.07, 6.45) is 2.71. The molecule has 19 heavy (non-hydrogen) atoms. The van der Waals surface area contributed by atoms with Crippen LogP contribution in [0.4, 0.5) is 11.8 Å². The van der Waals surface area contributed by atoms with Crippen molar-refractivity contribution in [1.29, 1.82) is 0 Å². The molecule has 0 aromatic carbocycles. The fourth-order valence-corrected chi connectivity index (χ4v) is 1.52. The molecule has 1 heterocycles. The van der Waals surface area contributed by atoms with Crippen molar-refractivity contribution in [2.75, 3.05) is 17.2 Å². The highest BCUT2D eigenvalue weighted by molar-refractivity contribution is 9.10. The molecule has 0 bridgehead atoms. The Kier molecular flexibility index (Phi) is 5.15. The van der Waals surface area contributed by atoms with Crippen molar-refractivity contribution < 1.29 is 5.11 Å². The number of anilines is 2. The van der Waals surface area contributed by atoms with Gasteiger partial charge in [0.15, 0.2) is 0 Å². The van der Waals surface area contributed by atoms with Gasteiger partial charge in [0.25, 0.3) is 0 Å². The SMILES string of the molecule is CCCNc1ncc(Br)c(NC(C)(C)C(C)(C)O)n1. The Balaban J connectivity index is 2.94. The first-order chi connectivity index (χ1) is 8.67. The number of aliphatic hydroxyl groups is 1. The molecule has 0 saturated carbocycles. The molecule has 1 aromatic heterocycles. The van der Waals surface area contributed by atoms with Crippen molar-refractivity contribution in [3.63, 3.8) is 0 Å². The lowest BCUT2D eigenvalue weighted by Gasteiger charge is -2.38. The standard InChI is InChI=1S/C13H23BrN4O/c1-6-7-15-11-16-8-9(14)10(17-11)18-12(2,3)13(4,5)19/h8,19H,6-7H2,1-5H3,(H2,15,16,17,18). The van der Waals surface area contributed by atoms with Crippen LogP contribution >= 0.6 is 15.9 Å². The normalized spacial score (nSPS) is 12.4. The molecule has 0 aliphatic rings. The van der Waals surface area contributed by atoms with E-state index in [1.54, 1.807) is 20.0 Å². The average Bonchev–Trinajstić information content (AvgIpc) is 2.28. The molecule has 0 aliphatic heterocycles. The second-order valence-electron chi connectivity index (χ2n) is 5.63. The lowest BCUT2D eigenvalue weighted by Crippen LogP contribution is -2.51. The van der Waals surface area contributed by atoms with Crippen LogP contribution in [0.15, 0.2) is 10.7 Å². The van der Waals surface area contributed by atoms with E-state index in [1.807, 2.05) is 13.8 Å². The summed E-state index contributed by atoms with van der Waals surface area (Å²) < 4.78 is 0.770. The molecule has 0 unspecified atom stereocenters. The highest BCUT2D eigenvalue weighted by Crippen LogP contribution is 2.29. The van der Waals surface area contributed by atoms with E-state index >= 15 is 0 Å². The van der Waals surface area contributed by atoms with E-state index in [-0.39, 0.29) is 0 Å². The average molecular weight is 331 g/mol. The molecule has 1 aromatic rings. The zero-order chi connectivity index (χ0) is 14.7. The first-order valence-corrected chi connectivity index (χ1v) is 7.23. The molecular weight excluding hydrogens is 308 g/mol. The van der Waals surface area contributed by atoms with Gasteiger partial charge in [-0.25, -0.2) is 4.98 Å². The smallest absolute Gasteiger partial charge is 0.224 e. The molecule has 0 spiro atoms. The van der Waals surface area contributed by atoms with Crippen molar-refractivity contribution in [3.05, 3.63) is 10.7 Å². The summed E-state index contributed by atoms with van der Waals surface area (Å²) >= 11 is 3.42. The van der Waals surface area contributed by atoms with Crippen LogP contribution in [0.2, 0.25) is 0 Å². The maximum atomic E-state index is 10.2. The number of nitrogens with one attached hydrogen (secondary N) is 2. The Morgan fingerprint density at radius 3 is 2.47 bits per heavy atom. The van der Waals surface area contributed by atoms with Gasteiger partial charge < -0.3 is 15.7 Å². The maximum Gasteiger partial charge on any atom is 0.224 e. The van der Waals surface area contributed by atoms with E-state index in [4.69, 9.17) is 0 Å². The van der Waals surface area contributed by atoms with Crippen molar-refractivity contribution in [1.82, 2.24) is 9.97 Å². The second kappa shape index (κ2) is 6.05. The van der Waals surface area contributed by atoms with Crippen molar-refractivity contribution in [2.45, 2.75) is 52.2 Å². The minimum absolute atomic E-state index is 0.522. The zero-order valence-corrected chi connectivity index (χ0v) is 13.8. The number of halogens is 1. The molecule has 6 heteroatoms. The van der Waals surface area contributed by atoms with Crippen LogP contribution < -0.4 is 10.6 Å². The van der Waals surface area contributed by atoms with E-state index < -0.39 is 11.1 Å². The minimum Gasteiger partial charge on any atom is -0.388 e. The number of nitrogens with zero attached hydrogens (tertiary/aromatic N) is 2. The van der Waals surface area contributed by atoms with Crippen molar-refractivity contribution >= 4 is 27.7 Å². The lowest BCUT2D eigenvalue weighted by molar-refractivity contribution is 0.0238. The Bertz CT molecular complexity index is 429. The van der Waals surface area contributed by atoms with Gasteiger partial charge in [0, 0.05) is 12.7 Å². The predicted octanol–water partition coefficient (Wildman–Crippen LogP) is 3.02. The Hall–Kier alpha value is -0.880. The van der Waals surface area contributed by atoms with Gasteiger partial charge in [0.1, 0.15) is 5.82 Å². The molecule has 0 radical (unpaired) electrons. The largest absolute Gasteiger partial charge is 0.388 e. The van der Waals surface area contributed by atoms with Gasteiger partial charge >= 0.3 is 0 Å². The fourth-order valence-electron chi connectivity index (χ4n) is 1.23. The summed E-state index contributed by atoms with van der Waals surface area (Å²) in [5, 5.41) is 16.6. The summed E-state index contributed by atoms with van der Waals surface area (Å²) in [5.74, 6) is 1.25. The molecular formula is C13H23BrN4O. The number of rotatable bonds is 6. The maximum absolute atomic E-state index is 10.2. The summed E-state index contributed by atoms with van der Waals surface area (Å²) in [6.45, 7) is 10.3. The third-order valence-corrected chi connectivity index (χ3v) is 3.82.